The Morgan fingerprint density at radius 2 is 1.82 bits per heavy atom. The number of ether oxygens (including phenoxy) is 3. The van der Waals surface area contributed by atoms with Crippen LogP contribution >= 0.6 is 15.9 Å². The highest BCUT2D eigenvalue weighted by Gasteiger charge is 2.30. The zero-order chi connectivity index (χ0) is 23.8. The van der Waals surface area contributed by atoms with Gasteiger partial charge >= 0.3 is 5.97 Å². The van der Waals surface area contributed by atoms with Gasteiger partial charge in [-0.25, -0.2) is 4.79 Å². The van der Waals surface area contributed by atoms with Gasteiger partial charge < -0.3 is 18.6 Å². The Morgan fingerprint density at radius 1 is 1.03 bits per heavy atom. The average molecular weight is 519 g/mol. The van der Waals surface area contributed by atoms with E-state index in [1.54, 1.807) is 31.2 Å². The first-order valence-corrected chi connectivity index (χ1v) is 11.4. The van der Waals surface area contributed by atoms with E-state index in [2.05, 4.69) is 15.9 Å². The van der Waals surface area contributed by atoms with Crippen molar-refractivity contribution in [2.45, 2.75) is 13.8 Å². The summed E-state index contributed by atoms with van der Waals surface area (Å²) in [6, 6.07) is 17.6. The third kappa shape index (κ3) is 4.22. The number of esters is 1. The summed E-state index contributed by atoms with van der Waals surface area (Å²) in [6.45, 7) is 4.27. The van der Waals surface area contributed by atoms with E-state index in [0.717, 1.165) is 21.2 Å². The number of halogens is 1. The smallest absolute Gasteiger partial charge is 0.379 e. The maximum Gasteiger partial charge on any atom is 0.379 e. The summed E-state index contributed by atoms with van der Waals surface area (Å²) in [5.74, 6) is 0.790. The minimum absolute atomic E-state index is 0.0827. The minimum Gasteiger partial charge on any atom is -0.494 e. The van der Waals surface area contributed by atoms with Crippen molar-refractivity contribution >= 4 is 44.7 Å². The van der Waals surface area contributed by atoms with Crippen LogP contribution in [0.15, 0.2) is 75.3 Å². The van der Waals surface area contributed by atoms with E-state index in [1.165, 1.54) is 6.07 Å². The van der Waals surface area contributed by atoms with Crippen LogP contribution in [0.5, 0.6) is 17.2 Å². The Labute approximate surface area is 203 Å². The Hall–Kier alpha value is -3.84. The number of hydrogen-bond acceptors (Lipinski definition) is 6. The van der Waals surface area contributed by atoms with Gasteiger partial charge in [0.2, 0.25) is 11.5 Å². The van der Waals surface area contributed by atoms with Crippen LogP contribution in [0.2, 0.25) is 0 Å². The molecule has 7 heteroatoms. The number of aryl methyl sites for hydroxylation is 1. The Balaban J connectivity index is 1.37. The molecule has 4 aromatic rings. The second kappa shape index (κ2) is 8.83. The van der Waals surface area contributed by atoms with Crippen LogP contribution in [0.1, 0.15) is 39.0 Å². The number of ketones is 1. The quantitative estimate of drug-likeness (QED) is 0.165. The summed E-state index contributed by atoms with van der Waals surface area (Å²) in [6.07, 6.45) is 1.68. The van der Waals surface area contributed by atoms with Crippen LogP contribution in [0.4, 0.5) is 0 Å². The minimum atomic E-state index is -0.638. The molecule has 0 amide bonds. The lowest BCUT2D eigenvalue weighted by Gasteiger charge is -2.06. The number of rotatable bonds is 5. The number of carbonyl (C=O) groups excluding carboxylic acids is 2. The van der Waals surface area contributed by atoms with Crippen molar-refractivity contribution in [3.8, 4) is 17.2 Å². The van der Waals surface area contributed by atoms with Crippen LogP contribution in [-0.2, 0) is 0 Å². The Morgan fingerprint density at radius 3 is 2.59 bits per heavy atom. The molecule has 0 saturated heterocycles. The number of fused-ring (bicyclic) bond motifs is 2. The lowest BCUT2D eigenvalue weighted by molar-refractivity contribution is 0.0703. The second-order valence-corrected chi connectivity index (χ2v) is 8.65. The largest absolute Gasteiger partial charge is 0.494 e. The lowest BCUT2D eigenvalue weighted by atomic mass is 10.0. The van der Waals surface area contributed by atoms with E-state index in [4.69, 9.17) is 18.6 Å². The number of Topliss-reactive ketones (excluding diaryl/α,β-unsaturated/α-hetero) is 1. The summed E-state index contributed by atoms with van der Waals surface area (Å²) >= 11 is 3.40. The molecule has 0 atom stereocenters. The van der Waals surface area contributed by atoms with E-state index < -0.39 is 5.97 Å². The van der Waals surface area contributed by atoms with Crippen molar-refractivity contribution in [1.29, 1.82) is 0 Å². The Kier molecular flexibility index (Phi) is 5.71. The first-order valence-electron chi connectivity index (χ1n) is 10.6. The van der Waals surface area contributed by atoms with Crippen LogP contribution in [0, 0.1) is 6.92 Å². The summed E-state index contributed by atoms with van der Waals surface area (Å²) in [4.78, 5) is 25.6. The van der Waals surface area contributed by atoms with Gasteiger partial charge in [-0.15, -0.1) is 0 Å². The highest BCUT2D eigenvalue weighted by Crippen LogP contribution is 2.38. The molecule has 0 saturated carbocycles. The van der Waals surface area contributed by atoms with E-state index in [-0.39, 0.29) is 23.1 Å². The fraction of sp³-hybridized carbons (Fsp3) is 0.111. The van der Waals surface area contributed by atoms with Crippen molar-refractivity contribution < 1.29 is 28.2 Å². The SMILES string of the molecule is CCOc1ccc(/C=C2\Oc3cc(OC(=O)c4cc5cc(Br)ccc5o4)cc(C)c3C2=O)cc1. The predicted molar refractivity (Wildman–Crippen MR) is 131 cm³/mol. The van der Waals surface area contributed by atoms with Crippen molar-refractivity contribution in [3.05, 3.63) is 93.3 Å². The molecule has 0 fully saturated rings. The molecule has 0 aliphatic carbocycles. The van der Waals surface area contributed by atoms with E-state index in [0.29, 0.717) is 29.1 Å². The summed E-state index contributed by atoms with van der Waals surface area (Å²) in [5, 5.41) is 0.782. The van der Waals surface area contributed by atoms with Gasteiger partial charge in [-0.1, -0.05) is 28.1 Å². The normalized spacial score (nSPS) is 13.7. The van der Waals surface area contributed by atoms with Crippen molar-refractivity contribution in [2.24, 2.45) is 0 Å². The Bertz CT molecular complexity index is 1460. The number of furan rings is 1. The maximum absolute atomic E-state index is 12.9. The molecule has 2 heterocycles. The second-order valence-electron chi connectivity index (χ2n) is 7.74. The molecule has 34 heavy (non-hydrogen) atoms. The predicted octanol–water partition coefficient (Wildman–Crippen LogP) is 6.74. The van der Waals surface area contributed by atoms with Crippen LogP contribution in [-0.4, -0.2) is 18.4 Å². The first-order chi connectivity index (χ1) is 16.4. The van der Waals surface area contributed by atoms with E-state index in [9.17, 15) is 9.59 Å². The molecular formula is C27H19BrO6. The molecule has 6 nitrogen and oxygen atoms in total. The van der Waals surface area contributed by atoms with Gasteiger partial charge in [0.05, 0.1) is 12.2 Å². The lowest BCUT2D eigenvalue weighted by Crippen LogP contribution is -2.07. The summed E-state index contributed by atoms with van der Waals surface area (Å²) in [7, 11) is 0. The third-order valence-corrected chi connectivity index (χ3v) is 5.82. The number of carbonyl (C=O) groups is 2. The molecule has 170 valence electrons. The zero-order valence-electron chi connectivity index (χ0n) is 18.4. The zero-order valence-corrected chi connectivity index (χ0v) is 20.0. The van der Waals surface area contributed by atoms with Gasteiger partial charge in [-0.2, -0.15) is 0 Å². The number of benzene rings is 3. The molecular weight excluding hydrogens is 500 g/mol. The first kappa shape index (κ1) is 22.0. The molecule has 0 bridgehead atoms. The standard InChI is InChI=1S/C27H19BrO6/c1-3-31-19-7-4-16(5-8-19)11-23-26(29)25-15(2)10-20(14-22(25)34-23)32-27(30)24-13-17-12-18(28)6-9-21(17)33-24/h4-14H,3H2,1-2H3/b23-11-. The topological polar surface area (TPSA) is 75.0 Å². The molecule has 0 N–H and O–H groups in total. The molecule has 0 unspecified atom stereocenters. The monoisotopic (exact) mass is 518 g/mol. The molecule has 0 spiro atoms. The number of allylic oxidation sites excluding steroid dienone is 1. The summed E-state index contributed by atoms with van der Waals surface area (Å²) < 4.78 is 23.3. The highest BCUT2D eigenvalue weighted by atomic mass is 79.9. The van der Waals surface area contributed by atoms with Gasteiger partial charge in [-0.3, -0.25) is 4.79 Å². The summed E-state index contributed by atoms with van der Waals surface area (Å²) in [5.41, 5.74) is 2.48. The van der Waals surface area contributed by atoms with Crippen molar-refractivity contribution in [1.82, 2.24) is 0 Å². The number of hydrogen-bond donors (Lipinski definition) is 0. The maximum atomic E-state index is 12.9. The molecule has 3 aromatic carbocycles. The molecule has 1 aliphatic heterocycles. The highest BCUT2D eigenvalue weighted by molar-refractivity contribution is 9.10. The van der Waals surface area contributed by atoms with E-state index >= 15 is 0 Å². The van der Waals surface area contributed by atoms with Gasteiger partial charge in [0.15, 0.2) is 5.76 Å². The third-order valence-electron chi connectivity index (χ3n) is 5.32. The van der Waals surface area contributed by atoms with Crippen LogP contribution < -0.4 is 14.2 Å². The van der Waals surface area contributed by atoms with Gasteiger partial charge in [0, 0.05) is 15.9 Å². The molecule has 0 radical (unpaired) electrons. The fourth-order valence-electron chi connectivity index (χ4n) is 3.79. The van der Waals surface area contributed by atoms with E-state index in [1.807, 2.05) is 43.3 Å². The molecule has 1 aliphatic rings. The van der Waals surface area contributed by atoms with Gasteiger partial charge in [0.25, 0.3) is 0 Å². The fourth-order valence-corrected chi connectivity index (χ4v) is 4.17. The molecule has 1 aromatic heterocycles. The van der Waals surface area contributed by atoms with Crippen LogP contribution in [0.25, 0.3) is 17.0 Å². The molecule has 5 rings (SSSR count). The van der Waals surface area contributed by atoms with Crippen LogP contribution in [0.3, 0.4) is 0 Å². The van der Waals surface area contributed by atoms with Gasteiger partial charge in [0.1, 0.15) is 22.8 Å². The average Bonchev–Trinajstić information content (AvgIpc) is 3.36. The van der Waals surface area contributed by atoms with Gasteiger partial charge in [-0.05, 0) is 73.5 Å². The van der Waals surface area contributed by atoms with Crippen molar-refractivity contribution in [2.75, 3.05) is 6.61 Å². The van der Waals surface area contributed by atoms with Crippen molar-refractivity contribution in [3.63, 3.8) is 0 Å².